The number of hydrogen-bond acceptors (Lipinski definition) is 3. The van der Waals surface area contributed by atoms with Crippen molar-refractivity contribution in [2.75, 3.05) is 0 Å². The third kappa shape index (κ3) is 6.34. The van der Waals surface area contributed by atoms with Crippen LogP contribution in [0.2, 0.25) is 0 Å². The minimum Gasteiger partial charge on any atom is -0.393 e. The molecule has 72 valence electrons. The molecular formula is C9H18O3. The number of rotatable bonds is 5. The van der Waals surface area contributed by atoms with E-state index in [4.69, 9.17) is 15.3 Å². The summed E-state index contributed by atoms with van der Waals surface area (Å²) in [5.41, 5.74) is 0. The third-order valence-corrected chi connectivity index (χ3v) is 1.84. The molecule has 0 saturated carbocycles. The minimum atomic E-state index is -1.26. The molecule has 0 aliphatic carbocycles. The van der Waals surface area contributed by atoms with Crippen LogP contribution in [-0.4, -0.2) is 27.7 Å². The summed E-state index contributed by atoms with van der Waals surface area (Å²) in [5.74, 6) is 0.220. The highest BCUT2D eigenvalue weighted by atomic mass is 16.5. The van der Waals surface area contributed by atoms with Crippen LogP contribution in [-0.2, 0) is 0 Å². The first kappa shape index (κ1) is 11.6. The third-order valence-electron chi connectivity index (χ3n) is 1.84. The second kappa shape index (κ2) is 6.17. The van der Waals surface area contributed by atoms with Crippen LogP contribution < -0.4 is 0 Å². The molecule has 0 heterocycles. The first-order chi connectivity index (χ1) is 5.54. The smallest absolute Gasteiger partial charge is 0.154 e. The number of allylic oxidation sites excluding steroid dienone is 1. The molecule has 0 aliphatic heterocycles. The Kier molecular flexibility index (Phi) is 5.98. The highest BCUT2D eigenvalue weighted by Crippen LogP contribution is 2.08. The lowest BCUT2D eigenvalue weighted by molar-refractivity contribution is -0.0361. The van der Waals surface area contributed by atoms with E-state index in [-0.39, 0.29) is 18.4 Å². The van der Waals surface area contributed by atoms with Gasteiger partial charge >= 0.3 is 0 Å². The van der Waals surface area contributed by atoms with Crippen LogP contribution in [0, 0.1) is 5.92 Å². The van der Waals surface area contributed by atoms with Gasteiger partial charge in [0.15, 0.2) is 6.29 Å². The van der Waals surface area contributed by atoms with Crippen LogP contribution in [0.25, 0.3) is 0 Å². The zero-order valence-electron chi connectivity index (χ0n) is 7.64. The summed E-state index contributed by atoms with van der Waals surface area (Å²) >= 11 is 0. The summed E-state index contributed by atoms with van der Waals surface area (Å²) in [4.78, 5) is 0. The summed E-state index contributed by atoms with van der Waals surface area (Å²) in [7, 11) is 0. The van der Waals surface area contributed by atoms with E-state index in [1.807, 2.05) is 13.0 Å². The predicted molar refractivity (Wildman–Crippen MR) is 47.4 cm³/mol. The summed E-state index contributed by atoms with van der Waals surface area (Å²) in [6, 6.07) is 0. The van der Waals surface area contributed by atoms with Gasteiger partial charge in [-0.05, 0) is 19.3 Å². The van der Waals surface area contributed by atoms with Crippen molar-refractivity contribution in [1.29, 1.82) is 0 Å². The van der Waals surface area contributed by atoms with Gasteiger partial charge in [-0.25, -0.2) is 0 Å². The van der Waals surface area contributed by atoms with Crippen molar-refractivity contribution >= 4 is 0 Å². The average molecular weight is 174 g/mol. The quantitative estimate of drug-likeness (QED) is 0.423. The predicted octanol–water partition coefficient (Wildman–Crippen LogP) is 0.650. The second-order valence-electron chi connectivity index (χ2n) is 3.14. The average Bonchev–Trinajstić information content (AvgIpc) is 1.97. The molecule has 0 bridgehead atoms. The molecule has 0 aromatic heterocycles. The number of hydrogen-bond donors (Lipinski definition) is 3. The minimum absolute atomic E-state index is 0.220. The monoisotopic (exact) mass is 174 g/mol. The second-order valence-corrected chi connectivity index (χ2v) is 3.14. The van der Waals surface area contributed by atoms with Gasteiger partial charge in [-0.2, -0.15) is 0 Å². The summed E-state index contributed by atoms with van der Waals surface area (Å²) in [6.45, 7) is 3.70. The van der Waals surface area contributed by atoms with Crippen LogP contribution in [0.15, 0.2) is 12.2 Å². The topological polar surface area (TPSA) is 60.7 Å². The molecule has 3 heteroatoms. The van der Waals surface area contributed by atoms with Crippen molar-refractivity contribution < 1.29 is 15.3 Å². The van der Waals surface area contributed by atoms with Gasteiger partial charge in [0, 0.05) is 6.42 Å². The van der Waals surface area contributed by atoms with Gasteiger partial charge in [-0.1, -0.05) is 19.1 Å². The summed E-state index contributed by atoms with van der Waals surface area (Å²) in [6.07, 6.45) is 3.02. The fourth-order valence-corrected chi connectivity index (χ4v) is 0.726. The van der Waals surface area contributed by atoms with E-state index in [1.54, 1.807) is 13.0 Å². The van der Waals surface area contributed by atoms with E-state index in [9.17, 15) is 0 Å². The summed E-state index contributed by atoms with van der Waals surface area (Å²) < 4.78 is 0. The molecule has 0 radical (unpaired) electrons. The standard InChI is InChI=1S/C9H18O3/c1-7(8(2)10)5-3-4-6-9(11)12/h3-4,7-12H,5-6H2,1-2H3/b4-3+. The van der Waals surface area contributed by atoms with E-state index >= 15 is 0 Å². The fourth-order valence-electron chi connectivity index (χ4n) is 0.726. The highest BCUT2D eigenvalue weighted by Gasteiger charge is 2.05. The van der Waals surface area contributed by atoms with Gasteiger partial charge in [0.05, 0.1) is 6.10 Å². The molecule has 0 amide bonds. The number of aliphatic hydroxyl groups is 3. The maximum atomic E-state index is 9.10. The highest BCUT2D eigenvalue weighted by molar-refractivity contribution is 4.84. The molecule has 0 saturated heterocycles. The van der Waals surface area contributed by atoms with Crippen LogP contribution in [0.3, 0.4) is 0 Å². The Morgan fingerprint density at radius 1 is 1.00 bits per heavy atom. The van der Waals surface area contributed by atoms with Crippen molar-refractivity contribution in [2.24, 2.45) is 5.92 Å². The number of aliphatic hydroxyl groups excluding tert-OH is 2. The zero-order chi connectivity index (χ0) is 9.56. The Morgan fingerprint density at radius 2 is 1.50 bits per heavy atom. The van der Waals surface area contributed by atoms with Gasteiger partial charge in [-0.3, -0.25) is 0 Å². The van der Waals surface area contributed by atoms with Gasteiger partial charge in [0.2, 0.25) is 0 Å². The molecule has 0 fully saturated rings. The van der Waals surface area contributed by atoms with Crippen molar-refractivity contribution in [3.05, 3.63) is 12.2 Å². The Hall–Kier alpha value is -0.380. The molecular weight excluding hydrogens is 156 g/mol. The van der Waals surface area contributed by atoms with Crippen LogP contribution >= 0.6 is 0 Å². The molecule has 0 spiro atoms. The molecule has 0 rings (SSSR count). The molecule has 3 nitrogen and oxygen atoms in total. The Labute approximate surface area is 73.4 Å². The maximum Gasteiger partial charge on any atom is 0.154 e. The van der Waals surface area contributed by atoms with Crippen molar-refractivity contribution in [2.45, 2.75) is 39.1 Å². The van der Waals surface area contributed by atoms with Crippen LogP contribution in [0.4, 0.5) is 0 Å². The maximum absolute atomic E-state index is 9.10. The molecule has 12 heavy (non-hydrogen) atoms. The van der Waals surface area contributed by atoms with Crippen LogP contribution in [0.1, 0.15) is 26.7 Å². The van der Waals surface area contributed by atoms with Gasteiger partial charge in [0.25, 0.3) is 0 Å². The molecule has 0 aromatic rings. The van der Waals surface area contributed by atoms with Gasteiger partial charge in [-0.15, -0.1) is 0 Å². The molecule has 3 N–H and O–H groups in total. The van der Waals surface area contributed by atoms with E-state index in [0.29, 0.717) is 0 Å². The first-order valence-electron chi connectivity index (χ1n) is 4.23. The Bertz CT molecular complexity index is 130. The first-order valence-corrected chi connectivity index (χ1v) is 4.23. The fraction of sp³-hybridized carbons (Fsp3) is 0.778. The largest absolute Gasteiger partial charge is 0.393 e. The Morgan fingerprint density at radius 3 is 1.92 bits per heavy atom. The van der Waals surface area contributed by atoms with E-state index in [2.05, 4.69) is 0 Å². The van der Waals surface area contributed by atoms with Gasteiger partial charge < -0.3 is 15.3 Å². The van der Waals surface area contributed by atoms with E-state index in [0.717, 1.165) is 6.42 Å². The zero-order valence-corrected chi connectivity index (χ0v) is 7.64. The molecule has 2 atom stereocenters. The molecule has 0 aliphatic rings. The SMILES string of the molecule is CC(O)C(C)C/C=C/CC(O)O. The van der Waals surface area contributed by atoms with E-state index < -0.39 is 6.29 Å². The molecule has 2 unspecified atom stereocenters. The van der Waals surface area contributed by atoms with Crippen molar-refractivity contribution in [3.63, 3.8) is 0 Å². The lowest BCUT2D eigenvalue weighted by Crippen LogP contribution is -2.11. The summed E-state index contributed by atoms with van der Waals surface area (Å²) in [5, 5.41) is 26.1. The van der Waals surface area contributed by atoms with Crippen molar-refractivity contribution in [3.8, 4) is 0 Å². The lowest BCUT2D eigenvalue weighted by Gasteiger charge is -2.11. The van der Waals surface area contributed by atoms with Crippen molar-refractivity contribution in [1.82, 2.24) is 0 Å². The normalized spacial score (nSPS) is 17.2. The molecule has 0 aromatic carbocycles. The Balaban J connectivity index is 3.46. The lowest BCUT2D eigenvalue weighted by atomic mass is 10.0. The van der Waals surface area contributed by atoms with E-state index in [1.165, 1.54) is 0 Å². The van der Waals surface area contributed by atoms with Gasteiger partial charge in [0.1, 0.15) is 0 Å². The van der Waals surface area contributed by atoms with Crippen LogP contribution in [0.5, 0.6) is 0 Å².